The molecule has 0 aliphatic carbocycles. The molecule has 0 spiro atoms. The molecule has 1 aromatic carbocycles. The third-order valence-corrected chi connectivity index (χ3v) is 4.07. The van der Waals surface area contributed by atoms with Crippen LogP contribution in [-0.4, -0.2) is 36.4 Å². The Hall–Kier alpha value is -2.60. The summed E-state index contributed by atoms with van der Waals surface area (Å²) in [5.74, 6) is 0.545. The van der Waals surface area contributed by atoms with Gasteiger partial charge in [-0.1, -0.05) is 29.8 Å². The van der Waals surface area contributed by atoms with Crippen LogP contribution in [0.3, 0.4) is 0 Å². The number of nitrogens with one attached hydrogen (secondary N) is 2. The van der Waals surface area contributed by atoms with E-state index in [1.807, 2.05) is 23.1 Å². The smallest absolute Gasteiger partial charge is 0.239 e. The number of hydrogen-bond acceptors (Lipinski definition) is 4. The number of amides is 2. The van der Waals surface area contributed by atoms with Crippen LogP contribution >= 0.6 is 11.6 Å². The van der Waals surface area contributed by atoms with Crippen molar-refractivity contribution < 1.29 is 9.59 Å². The van der Waals surface area contributed by atoms with Crippen molar-refractivity contribution in [3.63, 3.8) is 0 Å². The van der Waals surface area contributed by atoms with Crippen molar-refractivity contribution in [2.24, 2.45) is 0 Å². The lowest BCUT2D eigenvalue weighted by Crippen LogP contribution is -2.48. The molecule has 0 saturated carbocycles. The van der Waals surface area contributed by atoms with Crippen molar-refractivity contribution in [3.05, 3.63) is 53.2 Å². The van der Waals surface area contributed by atoms with E-state index >= 15 is 0 Å². The summed E-state index contributed by atoms with van der Waals surface area (Å²) >= 11 is 6.06. The Kier molecular flexibility index (Phi) is 4.96. The molecule has 24 heavy (non-hydrogen) atoms. The van der Waals surface area contributed by atoms with E-state index in [-0.39, 0.29) is 18.2 Å². The molecule has 1 aliphatic rings. The van der Waals surface area contributed by atoms with Gasteiger partial charge in [0.2, 0.25) is 11.8 Å². The fourth-order valence-corrected chi connectivity index (χ4v) is 2.70. The summed E-state index contributed by atoms with van der Waals surface area (Å²) in [5, 5.41) is 6.14. The molecule has 1 aliphatic heterocycles. The first-order valence-corrected chi connectivity index (χ1v) is 8.00. The van der Waals surface area contributed by atoms with Crippen molar-refractivity contribution in [1.29, 1.82) is 0 Å². The SMILES string of the molecule is O=C1CN(c2ccc(NC(=O)Cc3ccccc3Cl)cn2)CCN1. The van der Waals surface area contributed by atoms with Crippen LogP contribution in [0.5, 0.6) is 0 Å². The standard InChI is InChI=1S/C17H17ClN4O2/c18-14-4-2-1-3-12(14)9-16(23)21-13-5-6-15(20-10-13)22-8-7-19-17(24)11-22/h1-6,10H,7-9,11H2,(H,19,24)(H,21,23). The molecule has 2 aromatic rings. The molecule has 2 heterocycles. The van der Waals surface area contributed by atoms with E-state index in [0.717, 1.165) is 12.1 Å². The van der Waals surface area contributed by atoms with Gasteiger partial charge in [0.05, 0.1) is 24.8 Å². The largest absolute Gasteiger partial charge is 0.353 e. The van der Waals surface area contributed by atoms with Crippen LogP contribution in [0.2, 0.25) is 5.02 Å². The Morgan fingerprint density at radius 2 is 2.12 bits per heavy atom. The van der Waals surface area contributed by atoms with Crippen molar-refractivity contribution in [3.8, 4) is 0 Å². The zero-order valence-electron chi connectivity index (χ0n) is 13.0. The highest BCUT2D eigenvalue weighted by molar-refractivity contribution is 6.31. The number of anilines is 2. The molecule has 6 nitrogen and oxygen atoms in total. The molecule has 1 aromatic heterocycles. The Morgan fingerprint density at radius 1 is 1.29 bits per heavy atom. The van der Waals surface area contributed by atoms with Crippen molar-refractivity contribution in [1.82, 2.24) is 10.3 Å². The summed E-state index contributed by atoms with van der Waals surface area (Å²) in [6.07, 6.45) is 1.79. The monoisotopic (exact) mass is 344 g/mol. The number of carbonyl (C=O) groups is 2. The number of nitrogens with zero attached hydrogens (tertiary/aromatic N) is 2. The number of aromatic nitrogens is 1. The third-order valence-electron chi connectivity index (χ3n) is 3.70. The summed E-state index contributed by atoms with van der Waals surface area (Å²) in [4.78, 5) is 29.7. The van der Waals surface area contributed by atoms with E-state index in [1.165, 1.54) is 0 Å². The quantitative estimate of drug-likeness (QED) is 0.887. The van der Waals surface area contributed by atoms with Gasteiger partial charge in [-0.2, -0.15) is 0 Å². The van der Waals surface area contributed by atoms with Gasteiger partial charge in [-0.15, -0.1) is 0 Å². The zero-order valence-corrected chi connectivity index (χ0v) is 13.7. The van der Waals surface area contributed by atoms with Gasteiger partial charge in [0.1, 0.15) is 5.82 Å². The van der Waals surface area contributed by atoms with Crippen LogP contribution in [0.15, 0.2) is 42.6 Å². The van der Waals surface area contributed by atoms with E-state index in [4.69, 9.17) is 11.6 Å². The highest BCUT2D eigenvalue weighted by Gasteiger charge is 2.17. The predicted molar refractivity (Wildman–Crippen MR) is 93.2 cm³/mol. The topological polar surface area (TPSA) is 74.3 Å². The molecule has 0 atom stereocenters. The maximum absolute atomic E-state index is 12.1. The number of carbonyl (C=O) groups excluding carboxylic acids is 2. The van der Waals surface area contributed by atoms with E-state index in [1.54, 1.807) is 24.4 Å². The number of hydrogen-bond donors (Lipinski definition) is 2. The minimum atomic E-state index is -0.157. The number of piperazine rings is 1. The molecule has 124 valence electrons. The second kappa shape index (κ2) is 7.31. The maximum Gasteiger partial charge on any atom is 0.239 e. The molecule has 0 unspecified atom stereocenters. The zero-order chi connectivity index (χ0) is 16.9. The Morgan fingerprint density at radius 3 is 2.83 bits per heavy atom. The molecule has 1 fully saturated rings. The van der Waals surface area contributed by atoms with Gasteiger partial charge in [-0.25, -0.2) is 4.98 Å². The Labute approximate surface area is 144 Å². The first-order chi connectivity index (χ1) is 11.6. The number of halogens is 1. The normalized spacial score (nSPS) is 14.2. The van der Waals surface area contributed by atoms with Crippen LogP contribution < -0.4 is 15.5 Å². The number of rotatable bonds is 4. The van der Waals surface area contributed by atoms with Crippen LogP contribution in [0.25, 0.3) is 0 Å². The summed E-state index contributed by atoms with van der Waals surface area (Å²) < 4.78 is 0. The van der Waals surface area contributed by atoms with Crippen LogP contribution in [0, 0.1) is 0 Å². The minimum absolute atomic E-state index is 0.0137. The maximum atomic E-state index is 12.1. The fourth-order valence-electron chi connectivity index (χ4n) is 2.50. The van der Waals surface area contributed by atoms with Gasteiger partial charge in [-0.05, 0) is 23.8 Å². The number of benzene rings is 1. The van der Waals surface area contributed by atoms with Crippen molar-refractivity contribution in [2.45, 2.75) is 6.42 Å². The van der Waals surface area contributed by atoms with E-state index in [2.05, 4.69) is 15.6 Å². The van der Waals surface area contributed by atoms with Crippen molar-refractivity contribution >= 4 is 34.9 Å². The van der Waals surface area contributed by atoms with Gasteiger partial charge in [-0.3, -0.25) is 9.59 Å². The molecular formula is C17H17ClN4O2. The van der Waals surface area contributed by atoms with Gasteiger partial charge >= 0.3 is 0 Å². The second-order valence-electron chi connectivity index (χ2n) is 5.49. The Bertz CT molecular complexity index is 749. The molecule has 7 heteroatoms. The lowest BCUT2D eigenvalue weighted by atomic mass is 10.1. The predicted octanol–water partition coefficient (Wildman–Crippen LogP) is 1.85. The number of pyridine rings is 1. The van der Waals surface area contributed by atoms with E-state index in [9.17, 15) is 9.59 Å². The summed E-state index contributed by atoms with van der Waals surface area (Å²) in [6, 6.07) is 10.8. The summed E-state index contributed by atoms with van der Waals surface area (Å²) in [6.45, 7) is 1.62. The second-order valence-corrected chi connectivity index (χ2v) is 5.90. The molecule has 0 radical (unpaired) electrons. The summed E-state index contributed by atoms with van der Waals surface area (Å²) in [5.41, 5.74) is 1.39. The van der Waals surface area contributed by atoms with Gasteiger partial charge in [0.15, 0.2) is 0 Å². The molecular weight excluding hydrogens is 328 g/mol. The fraction of sp³-hybridized carbons (Fsp3) is 0.235. The minimum Gasteiger partial charge on any atom is -0.353 e. The van der Waals surface area contributed by atoms with Gasteiger partial charge in [0, 0.05) is 18.1 Å². The highest BCUT2D eigenvalue weighted by atomic mass is 35.5. The Balaban J connectivity index is 1.60. The summed E-state index contributed by atoms with van der Waals surface area (Å²) in [7, 11) is 0. The molecule has 3 rings (SSSR count). The first-order valence-electron chi connectivity index (χ1n) is 7.63. The first kappa shape index (κ1) is 16.3. The third kappa shape index (κ3) is 4.02. The molecule has 1 saturated heterocycles. The van der Waals surface area contributed by atoms with E-state index < -0.39 is 0 Å². The van der Waals surface area contributed by atoms with Crippen LogP contribution in [-0.2, 0) is 16.0 Å². The van der Waals surface area contributed by atoms with Crippen LogP contribution in [0.1, 0.15) is 5.56 Å². The van der Waals surface area contributed by atoms with Crippen LogP contribution in [0.4, 0.5) is 11.5 Å². The van der Waals surface area contributed by atoms with Gasteiger partial charge < -0.3 is 15.5 Å². The average Bonchev–Trinajstić information content (AvgIpc) is 2.58. The molecule has 0 bridgehead atoms. The highest BCUT2D eigenvalue weighted by Crippen LogP contribution is 2.17. The van der Waals surface area contributed by atoms with E-state index in [0.29, 0.717) is 29.6 Å². The van der Waals surface area contributed by atoms with Crippen molar-refractivity contribution in [2.75, 3.05) is 29.9 Å². The average molecular weight is 345 g/mol. The lowest BCUT2D eigenvalue weighted by molar-refractivity contribution is -0.120. The molecule has 2 N–H and O–H groups in total. The van der Waals surface area contributed by atoms with Gasteiger partial charge in [0.25, 0.3) is 0 Å². The molecule has 2 amide bonds. The lowest BCUT2D eigenvalue weighted by Gasteiger charge is -2.27.